The van der Waals surface area contributed by atoms with E-state index in [9.17, 15) is 4.79 Å². The Morgan fingerprint density at radius 1 is 1.03 bits per heavy atom. The number of nitrogens with zero attached hydrogens (tertiary/aromatic N) is 1. The molecule has 2 amide bonds. The predicted octanol–water partition coefficient (Wildman–Crippen LogP) is 5.05. The molecule has 0 spiro atoms. The number of carbonyl (C=O) groups is 1. The number of rotatable bonds is 5. The van der Waals surface area contributed by atoms with Gasteiger partial charge in [0, 0.05) is 23.7 Å². The van der Waals surface area contributed by atoms with Crippen LogP contribution in [-0.2, 0) is 0 Å². The van der Waals surface area contributed by atoms with E-state index in [4.69, 9.17) is 17.0 Å². The van der Waals surface area contributed by atoms with Crippen molar-refractivity contribution >= 4 is 29.0 Å². The summed E-state index contributed by atoms with van der Waals surface area (Å²) >= 11 is 5.85. The van der Waals surface area contributed by atoms with Gasteiger partial charge in [-0.2, -0.15) is 0 Å². The van der Waals surface area contributed by atoms with Gasteiger partial charge in [0.1, 0.15) is 5.75 Å². The van der Waals surface area contributed by atoms with Gasteiger partial charge in [-0.1, -0.05) is 12.1 Å². The fraction of sp³-hybridized carbons (Fsp3) is 0.704. The molecule has 6 bridgehead atoms. The van der Waals surface area contributed by atoms with Crippen molar-refractivity contribution in [2.75, 3.05) is 11.9 Å². The zero-order valence-electron chi connectivity index (χ0n) is 20.2. The number of piperidine rings is 1. The van der Waals surface area contributed by atoms with Crippen molar-refractivity contribution in [3.8, 4) is 5.75 Å². The number of thiocarbonyl (C=S) groups is 1. The van der Waals surface area contributed by atoms with E-state index in [1.54, 1.807) is 0 Å². The molecule has 184 valence electrons. The Kier molecular flexibility index (Phi) is 5.87. The summed E-state index contributed by atoms with van der Waals surface area (Å²) in [5.74, 6) is 3.35. The van der Waals surface area contributed by atoms with Gasteiger partial charge in [-0.15, -0.1) is 0 Å². The van der Waals surface area contributed by atoms with Crippen LogP contribution in [0, 0.1) is 17.8 Å². The molecule has 6 aliphatic rings. The highest BCUT2D eigenvalue weighted by molar-refractivity contribution is 7.80. The zero-order chi connectivity index (χ0) is 23.3. The van der Waals surface area contributed by atoms with Crippen molar-refractivity contribution in [3.05, 3.63) is 24.3 Å². The van der Waals surface area contributed by atoms with Crippen LogP contribution in [0.1, 0.15) is 71.1 Å². The van der Waals surface area contributed by atoms with Crippen LogP contribution >= 0.6 is 12.2 Å². The van der Waals surface area contributed by atoms with Crippen LogP contribution in [-0.4, -0.2) is 46.3 Å². The molecule has 2 aliphatic heterocycles. The summed E-state index contributed by atoms with van der Waals surface area (Å²) in [4.78, 5) is 15.5. The summed E-state index contributed by atoms with van der Waals surface area (Å²) in [7, 11) is 0. The number of fused-ring (bicyclic) bond motifs is 2. The molecule has 6 fully saturated rings. The molecule has 1 aromatic carbocycles. The van der Waals surface area contributed by atoms with Gasteiger partial charge in [0.15, 0.2) is 5.11 Å². The number of para-hydroxylation sites is 2. The highest BCUT2D eigenvalue weighted by Crippen LogP contribution is 2.55. The van der Waals surface area contributed by atoms with Gasteiger partial charge < -0.3 is 25.6 Å². The molecule has 0 aromatic heterocycles. The van der Waals surface area contributed by atoms with Crippen LogP contribution in [0.5, 0.6) is 5.75 Å². The smallest absolute Gasteiger partial charge is 0.315 e. The summed E-state index contributed by atoms with van der Waals surface area (Å²) in [6, 6.07) is 9.01. The largest absolute Gasteiger partial charge is 0.492 e. The Hall–Kier alpha value is -2.02. The minimum atomic E-state index is 0.0612. The lowest BCUT2D eigenvalue weighted by Crippen LogP contribution is -2.63. The molecule has 6 nitrogen and oxygen atoms in total. The number of ether oxygens (including phenoxy) is 1. The van der Waals surface area contributed by atoms with Gasteiger partial charge >= 0.3 is 6.03 Å². The molecular formula is C27H38N4O2S. The summed E-state index contributed by atoms with van der Waals surface area (Å²) in [6.45, 7) is 2.62. The first-order valence-corrected chi connectivity index (χ1v) is 13.8. The molecule has 7 heteroatoms. The third-order valence-corrected chi connectivity index (χ3v) is 9.46. The molecule has 34 heavy (non-hydrogen) atoms. The summed E-state index contributed by atoms with van der Waals surface area (Å²) in [6.07, 6.45) is 12.0. The first-order valence-electron chi connectivity index (χ1n) is 13.4. The first-order chi connectivity index (χ1) is 16.5. The SMILES string of the molecule is CCOc1ccccc1NC(=S)N1[C@@H]2CC[C@H]1CC(NC(=O)NC13CC4CC(CC(C4)C1)C3)C2. The highest BCUT2D eigenvalue weighted by Gasteiger charge is 2.52. The fourth-order valence-electron chi connectivity index (χ4n) is 8.38. The normalized spacial score (nSPS) is 37.4. The van der Waals surface area contributed by atoms with Gasteiger partial charge in [0.05, 0.1) is 12.3 Å². The molecule has 4 aliphatic carbocycles. The van der Waals surface area contributed by atoms with E-state index in [1.165, 1.54) is 38.5 Å². The van der Waals surface area contributed by atoms with E-state index < -0.39 is 0 Å². The molecule has 0 radical (unpaired) electrons. The van der Waals surface area contributed by atoms with Crippen molar-refractivity contribution in [3.63, 3.8) is 0 Å². The van der Waals surface area contributed by atoms with E-state index in [0.717, 1.165) is 60.0 Å². The number of urea groups is 1. The molecule has 1 unspecified atom stereocenters. The maximum Gasteiger partial charge on any atom is 0.315 e. The lowest BCUT2D eigenvalue weighted by molar-refractivity contribution is -0.0138. The minimum absolute atomic E-state index is 0.0612. The van der Waals surface area contributed by atoms with Crippen LogP contribution in [0.2, 0.25) is 0 Å². The standard InChI is InChI=1S/C27H38N4O2S/c1-2-33-24-6-4-3-5-23(24)29-26(34)31-21-7-8-22(31)13-20(12-21)28-25(32)30-27-14-17-9-18(15-27)11-19(10-17)16-27/h3-6,17-22H,2,7-16H2,1H3,(H,29,34)(H2,28,30,32)/t17?,18?,19?,20?,21-,22+,27?. The molecule has 7 rings (SSSR count). The molecule has 4 saturated carbocycles. The van der Waals surface area contributed by atoms with E-state index >= 15 is 0 Å². The Labute approximate surface area is 208 Å². The number of carbonyl (C=O) groups excluding carboxylic acids is 1. The Balaban J connectivity index is 1.05. The van der Waals surface area contributed by atoms with Gasteiger partial charge in [-0.25, -0.2) is 4.79 Å². The van der Waals surface area contributed by atoms with Crippen molar-refractivity contribution in [2.45, 2.75) is 94.8 Å². The Morgan fingerprint density at radius 2 is 1.65 bits per heavy atom. The van der Waals surface area contributed by atoms with Gasteiger partial charge in [0.25, 0.3) is 0 Å². The quantitative estimate of drug-likeness (QED) is 0.513. The van der Waals surface area contributed by atoms with Crippen molar-refractivity contribution in [1.29, 1.82) is 0 Å². The lowest BCUT2D eigenvalue weighted by Gasteiger charge is -2.56. The fourth-order valence-corrected chi connectivity index (χ4v) is 8.79. The Bertz CT molecular complexity index is 903. The number of hydrogen-bond donors (Lipinski definition) is 3. The monoisotopic (exact) mass is 482 g/mol. The van der Waals surface area contributed by atoms with E-state index in [1.807, 2.05) is 31.2 Å². The third-order valence-electron chi connectivity index (χ3n) is 9.15. The van der Waals surface area contributed by atoms with E-state index in [-0.39, 0.29) is 17.6 Å². The number of amides is 2. The summed E-state index contributed by atoms with van der Waals surface area (Å²) in [5, 5.41) is 11.1. The van der Waals surface area contributed by atoms with Crippen LogP contribution in [0.4, 0.5) is 10.5 Å². The molecule has 2 saturated heterocycles. The number of nitrogens with one attached hydrogen (secondary N) is 3. The van der Waals surface area contributed by atoms with Crippen molar-refractivity contribution < 1.29 is 9.53 Å². The van der Waals surface area contributed by atoms with Gasteiger partial charge in [-0.3, -0.25) is 0 Å². The lowest BCUT2D eigenvalue weighted by atomic mass is 9.53. The zero-order valence-corrected chi connectivity index (χ0v) is 21.0. The molecule has 1 aromatic rings. The van der Waals surface area contributed by atoms with Crippen LogP contribution in [0.15, 0.2) is 24.3 Å². The van der Waals surface area contributed by atoms with Crippen molar-refractivity contribution in [1.82, 2.24) is 15.5 Å². The highest BCUT2D eigenvalue weighted by atomic mass is 32.1. The maximum atomic E-state index is 13.1. The van der Waals surface area contributed by atoms with Crippen LogP contribution in [0.25, 0.3) is 0 Å². The average molecular weight is 483 g/mol. The number of benzene rings is 1. The molecule has 3 N–H and O–H groups in total. The average Bonchev–Trinajstić information content (AvgIpc) is 3.04. The van der Waals surface area contributed by atoms with Crippen LogP contribution < -0.4 is 20.7 Å². The molecule has 2 heterocycles. The first kappa shape index (κ1) is 22.4. The van der Waals surface area contributed by atoms with Crippen molar-refractivity contribution in [2.24, 2.45) is 17.8 Å². The number of hydrogen-bond acceptors (Lipinski definition) is 3. The second kappa shape index (κ2) is 8.89. The predicted molar refractivity (Wildman–Crippen MR) is 138 cm³/mol. The van der Waals surface area contributed by atoms with E-state index in [2.05, 4.69) is 20.9 Å². The topological polar surface area (TPSA) is 65.6 Å². The number of anilines is 1. The van der Waals surface area contributed by atoms with Gasteiger partial charge in [-0.05, 0) is 113 Å². The third kappa shape index (κ3) is 4.25. The van der Waals surface area contributed by atoms with Crippen LogP contribution in [0.3, 0.4) is 0 Å². The minimum Gasteiger partial charge on any atom is -0.492 e. The Morgan fingerprint density at radius 3 is 2.26 bits per heavy atom. The second-order valence-corrected chi connectivity index (χ2v) is 12.0. The molecular weight excluding hydrogens is 444 g/mol. The van der Waals surface area contributed by atoms with E-state index in [0.29, 0.717) is 18.7 Å². The summed E-state index contributed by atoms with van der Waals surface area (Å²) < 4.78 is 5.76. The maximum absolute atomic E-state index is 13.1. The second-order valence-electron chi connectivity index (χ2n) is 11.6. The molecule has 3 atom stereocenters. The van der Waals surface area contributed by atoms with Gasteiger partial charge in [0.2, 0.25) is 0 Å². The summed E-state index contributed by atoms with van der Waals surface area (Å²) in [5.41, 5.74) is 0.988.